The van der Waals surface area contributed by atoms with Gasteiger partial charge in [-0.3, -0.25) is 4.79 Å². The number of halogens is 3. The number of anilines is 1. The summed E-state index contributed by atoms with van der Waals surface area (Å²) in [7, 11) is 0. The van der Waals surface area contributed by atoms with Crippen LogP contribution in [0.15, 0.2) is 16.6 Å². The first-order valence-corrected chi connectivity index (χ1v) is 7.61. The van der Waals surface area contributed by atoms with E-state index in [2.05, 4.69) is 21.2 Å². The van der Waals surface area contributed by atoms with Crippen LogP contribution in [-0.4, -0.2) is 11.9 Å². The van der Waals surface area contributed by atoms with Crippen molar-refractivity contribution in [3.05, 3.63) is 26.7 Å². The highest BCUT2D eigenvalue weighted by Gasteiger charge is 2.43. The first kappa shape index (κ1) is 15.1. The summed E-state index contributed by atoms with van der Waals surface area (Å²) in [6, 6.07) is 3.36. The maximum Gasteiger partial charge on any atom is 0.231 e. The second-order valence-corrected chi connectivity index (χ2v) is 6.70. The van der Waals surface area contributed by atoms with Crippen molar-refractivity contribution in [3.63, 3.8) is 0 Å². The Kier molecular flexibility index (Phi) is 4.45. The maximum absolute atomic E-state index is 12.4. The van der Waals surface area contributed by atoms with Crippen LogP contribution in [0.25, 0.3) is 0 Å². The lowest BCUT2D eigenvalue weighted by molar-refractivity contribution is -0.125. The number of nitrogens with one attached hydrogen (secondary N) is 1. The van der Waals surface area contributed by atoms with Crippen molar-refractivity contribution in [1.82, 2.24) is 0 Å². The Hall–Kier alpha value is -0.290. The van der Waals surface area contributed by atoms with Crippen molar-refractivity contribution < 1.29 is 4.79 Å². The van der Waals surface area contributed by atoms with Crippen molar-refractivity contribution >= 4 is 50.7 Å². The highest BCUT2D eigenvalue weighted by molar-refractivity contribution is 9.10. The molecule has 6 heteroatoms. The molecule has 1 aliphatic rings. The predicted molar refractivity (Wildman–Crippen MR) is 82.7 cm³/mol. The molecule has 2 unspecified atom stereocenters. The Morgan fingerprint density at radius 2 is 2.16 bits per heavy atom. The minimum Gasteiger partial charge on any atom is -0.327 e. The fraction of sp³-hybridized carbons (Fsp3) is 0.462. The Bertz CT molecular complexity index is 524. The summed E-state index contributed by atoms with van der Waals surface area (Å²) < 4.78 is 0.695. The molecule has 0 heterocycles. The molecule has 1 saturated carbocycles. The van der Waals surface area contributed by atoms with Gasteiger partial charge < -0.3 is 11.1 Å². The summed E-state index contributed by atoms with van der Waals surface area (Å²) in [5.41, 5.74) is 6.01. The van der Waals surface area contributed by atoms with Crippen LogP contribution in [0.3, 0.4) is 0 Å². The lowest BCUT2D eigenvalue weighted by atomic mass is 9.84. The summed E-state index contributed by atoms with van der Waals surface area (Å²) in [6.07, 6.45) is 2.64. The standard InChI is InChI=1S/C13H15BrCl2N2O/c1-13(6-2-3-9(13)17)12(19)18-8-5-4-7(14)10(15)11(8)16/h4-5,9H,2-3,6,17H2,1H3,(H,18,19). The molecule has 1 aliphatic carbocycles. The molecule has 3 nitrogen and oxygen atoms in total. The average molecular weight is 366 g/mol. The molecule has 2 rings (SSSR count). The van der Waals surface area contributed by atoms with Crippen molar-refractivity contribution in [2.75, 3.05) is 5.32 Å². The van der Waals surface area contributed by atoms with E-state index >= 15 is 0 Å². The van der Waals surface area contributed by atoms with E-state index < -0.39 is 5.41 Å². The van der Waals surface area contributed by atoms with Gasteiger partial charge in [-0.25, -0.2) is 0 Å². The van der Waals surface area contributed by atoms with Gasteiger partial charge in [0.05, 0.1) is 21.1 Å². The summed E-state index contributed by atoms with van der Waals surface area (Å²) in [5.74, 6) is -0.0993. The van der Waals surface area contributed by atoms with E-state index in [1.54, 1.807) is 12.1 Å². The van der Waals surface area contributed by atoms with Crippen LogP contribution in [0.4, 0.5) is 5.69 Å². The van der Waals surface area contributed by atoms with Crippen LogP contribution < -0.4 is 11.1 Å². The largest absolute Gasteiger partial charge is 0.327 e. The number of hydrogen-bond donors (Lipinski definition) is 2. The van der Waals surface area contributed by atoms with Crippen molar-refractivity contribution in [2.24, 2.45) is 11.1 Å². The van der Waals surface area contributed by atoms with Crippen molar-refractivity contribution in [2.45, 2.75) is 32.2 Å². The third kappa shape index (κ3) is 2.77. The van der Waals surface area contributed by atoms with Crippen LogP contribution in [0.5, 0.6) is 0 Å². The number of carbonyl (C=O) groups excluding carboxylic acids is 1. The quantitative estimate of drug-likeness (QED) is 0.771. The lowest BCUT2D eigenvalue weighted by Crippen LogP contribution is -2.44. The lowest BCUT2D eigenvalue weighted by Gasteiger charge is -2.27. The zero-order valence-electron chi connectivity index (χ0n) is 10.5. The second kappa shape index (κ2) is 5.60. The van der Waals surface area contributed by atoms with Gasteiger partial charge in [0.2, 0.25) is 5.91 Å². The van der Waals surface area contributed by atoms with E-state index in [0.717, 1.165) is 19.3 Å². The minimum absolute atomic E-state index is 0.0993. The molecule has 1 amide bonds. The van der Waals surface area contributed by atoms with E-state index in [1.807, 2.05) is 6.92 Å². The number of amides is 1. The van der Waals surface area contributed by atoms with E-state index in [-0.39, 0.29) is 11.9 Å². The van der Waals surface area contributed by atoms with Gasteiger partial charge in [0.25, 0.3) is 0 Å². The van der Waals surface area contributed by atoms with Crippen molar-refractivity contribution in [1.29, 1.82) is 0 Å². The van der Waals surface area contributed by atoms with E-state index in [9.17, 15) is 4.79 Å². The van der Waals surface area contributed by atoms with Gasteiger partial charge >= 0.3 is 0 Å². The summed E-state index contributed by atoms with van der Waals surface area (Å²) >= 11 is 15.4. The zero-order valence-corrected chi connectivity index (χ0v) is 13.6. The van der Waals surface area contributed by atoms with Crippen LogP contribution in [0.1, 0.15) is 26.2 Å². The minimum atomic E-state index is -0.539. The Balaban J connectivity index is 2.22. The van der Waals surface area contributed by atoms with Crippen LogP contribution >= 0.6 is 39.1 Å². The van der Waals surface area contributed by atoms with Gasteiger partial charge in [0, 0.05) is 10.5 Å². The number of carbonyl (C=O) groups is 1. The number of hydrogen-bond acceptors (Lipinski definition) is 2. The molecule has 2 atom stereocenters. The average Bonchev–Trinajstić information content (AvgIpc) is 2.72. The van der Waals surface area contributed by atoms with E-state index in [1.165, 1.54) is 0 Å². The number of benzene rings is 1. The van der Waals surface area contributed by atoms with Crippen molar-refractivity contribution in [3.8, 4) is 0 Å². The fourth-order valence-electron chi connectivity index (χ4n) is 2.36. The Morgan fingerprint density at radius 1 is 1.47 bits per heavy atom. The van der Waals surface area contributed by atoms with Gasteiger partial charge in [-0.1, -0.05) is 29.6 Å². The Labute approximate surface area is 131 Å². The third-order valence-electron chi connectivity index (χ3n) is 3.83. The third-order valence-corrected chi connectivity index (χ3v) is 5.60. The van der Waals surface area contributed by atoms with Gasteiger partial charge in [0.15, 0.2) is 0 Å². The van der Waals surface area contributed by atoms with Gasteiger partial charge in [-0.05, 0) is 47.8 Å². The van der Waals surface area contributed by atoms with E-state index in [4.69, 9.17) is 28.9 Å². The molecule has 0 spiro atoms. The Morgan fingerprint density at radius 3 is 2.74 bits per heavy atom. The van der Waals surface area contributed by atoms with E-state index in [0.29, 0.717) is 20.2 Å². The normalized spacial score (nSPS) is 26.5. The summed E-state index contributed by atoms with van der Waals surface area (Å²) in [5, 5.41) is 3.56. The van der Waals surface area contributed by atoms with Crippen LogP contribution in [0, 0.1) is 5.41 Å². The molecule has 0 saturated heterocycles. The molecule has 104 valence electrons. The molecule has 0 aliphatic heterocycles. The molecule has 1 aromatic rings. The highest BCUT2D eigenvalue weighted by Crippen LogP contribution is 2.40. The summed E-state index contributed by atoms with van der Waals surface area (Å²) in [6.45, 7) is 1.90. The first-order valence-electron chi connectivity index (χ1n) is 6.07. The number of nitrogens with two attached hydrogens (primary N) is 1. The molecule has 1 fully saturated rings. The molecule has 19 heavy (non-hydrogen) atoms. The van der Waals surface area contributed by atoms with Crippen LogP contribution in [0.2, 0.25) is 10.0 Å². The molecule has 1 aromatic carbocycles. The molecule has 0 bridgehead atoms. The molecule has 0 aromatic heterocycles. The molecular formula is C13H15BrCl2N2O. The smallest absolute Gasteiger partial charge is 0.231 e. The predicted octanol–water partition coefficient (Wildman–Crippen LogP) is 4.21. The first-order chi connectivity index (χ1) is 8.86. The second-order valence-electron chi connectivity index (χ2n) is 5.09. The monoisotopic (exact) mass is 364 g/mol. The highest BCUT2D eigenvalue weighted by atomic mass is 79.9. The number of rotatable bonds is 2. The summed E-state index contributed by atoms with van der Waals surface area (Å²) in [4.78, 5) is 12.4. The van der Waals surface area contributed by atoms with Crippen LogP contribution in [-0.2, 0) is 4.79 Å². The topological polar surface area (TPSA) is 55.1 Å². The molecule has 3 N–H and O–H groups in total. The van der Waals surface area contributed by atoms with Gasteiger partial charge in [-0.2, -0.15) is 0 Å². The molecular weight excluding hydrogens is 351 g/mol. The fourth-order valence-corrected chi connectivity index (χ4v) is 3.18. The molecule has 0 radical (unpaired) electrons. The van der Waals surface area contributed by atoms with Gasteiger partial charge in [-0.15, -0.1) is 0 Å². The maximum atomic E-state index is 12.4. The zero-order chi connectivity index (χ0) is 14.2. The van der Waals surface area contributed by atoms with Gasteiger partial charge in [0.1, 0.15) is 0 Å². The SMILES string of the molecule is CC1(C(=O)Nc2ccc(Br)c(Cl)c2Cl)CCCC1N.